The van der Waals surface area contributed by atoms with E-state index in [0.29, 0.717) is 23.5 Å². The molecule has 1 aliphatic carbocycles. The van der Waals surface area contributed by atoms with Crippen molar-refractivity contribution >= 4 is 34.8 Å². The van der Waals surface area contributed by atoms with Crippen molar-refractivity contribution in [1.82, 2.24) is 4.98 Å². The molecule has 0 aromatic carbocycles. The minimum absolute atomic E-state index is 0. The quantitative estimate of drug-likeness (QED) is 0.898. The van der Waals surface area contributed by atoms with Gasteiger partial charge in [-0.2, -0.15) is 0 Å². The second-order valence-electron chi connectivity index (χ2n) is 5.24. The van der Waals surface area contributed by atoms with E-state index in [9.17, 15) is 4.79 Å². The van der Waals surface area contributed by atoms with Crippen LogP contribution in [0.15, 0.2) is 6.20 Å². The Balaban J connectivity index is 0.00000180. The third kappa shape index (κ3) is 3.91. The number of anilines is 1. The molecule has 108 valence electrons. The second kappa shape index (κ2) is 7.22. The number of nitrogens with one attached hydrogen (secondary N) is 1. The molecule has 0 aliphatic heterocycles. The molecule has 6 heteroatoms. The normalized spacial score (nSPS) is 22.3. The summed E-state index contributed by atoms with van der Waals surface area (Å²) in [6, 6.07) is 0. The molecule has 0 saturated heterocycles. The van der Waals surface area contributed by atoms with Crippen molar-refractivity contribution < 1.29 is 4.79 Å². The fraction of sp³-hybridized carbons (Fsp3) is 0.692. The van der Waals surface area contributed by atoms with Crippen LogP contribution >= 0.6 is 23.7 Å². The monoisotopic (exact) mass is 303 g/mol. The Morgan fingerprint density at radius 1 is 1.58 bits per heavy atom. The summed E-state index contributed by atoms with van der Waals surface area (Å²) in [6.07, 6.45) is 4.98. The number of nitrogens with zero attached hydrogens (tertiary/aromatic N) is 1. The fourth-order valence-corrected chi connectivity index (χ4v) is 3.29. The van der Waals surface area contributed by atoms with Crippen LogP contribution in [0.3, 0.4) is 0 Å². The Bertz CT molecular complexity index is 422. The Hall–Kier alpha value is -0.650. The van der Waals surface area contributed by atoms with Gasteiger partial charge in [0.2, 0.25) is 5.91 Å². The summed E-state index contributed by atoms with van der Waals surface area (Å²) < 4.78 is 0. The maximum absolute atomic E-state index is 12.2. The number of hydrogen-bond donors (Lipinski definition) is 2. The molecule has 1 aromatic heterocycles. The van der Waals surface area contributed by atoms with Gasteiger partial charge in [-0.15, -0.1) is 23.7 Å². The van der Waals surface area contributed by atoms with E-state index in [2.05, 4.69) is 24.1 Å². The summed E-state index contributed by atoms with van der Waals surface area (Å²) in [5.74, 6) is 0.958. The van der Waals surface area contributed by atoms with Crippen molar-refractivity contribution in [2.45, 2.75) is 39.0 Å². The highest BCUT2D eigenvalue weighted by atomic mass is 35.5. The van der Waals surface area contributed by atoms with Crippen molar-refractivity contribution in [3.63, 3.8) is 0 Å². The van der Waals surface area contributed by atoms with Crippen molar-refractivity contribution in [1.29, 1.82) is 0 Å². The molecule has 2 atom stereocenters. The molecule has 1 heterocycles. The number of aromatic nitrogens is 1. The Labute approximate surface area is 124 Å². The zero-order chi connectivity index (χ0) is 13.1. The largest absolute Gasteiger partial charge is 0.330 e. The lowest BCUT2D eigenvalue weighted by atomic mass is 9.95. The predicted octanol–water partition coefficient (Wildman–Crippen LogP) is 3.00. The molecular formula is C13H22ClN3OS. The minimum atomic E-state index is 0. The first-order valence-electron chi connectivity index (χ1n) is 6.58. The molecule has 1 saturated carbocycles. The predicted molar refractivity (Wildman–Crippen MR) is 82.0 cm³/mol. The first-order chi connectivity index (χ1) is 8.61. The van der Waals surface area contributed by atoms with Crippen LogP contribution in [-0.4, -0.2) is 17.4 Å². The van der Waals surface area contributed by atoms with E-state index >= 15 is 0 Å². The molecule has 1 fully saturated rings. The fourth-order valence-electron chi connectivity index (χ4n) is 2.47. The molecule has 4 nitrogen and oxygen atoms in total. The lowest BCUT2D eigenvalue weighted by Gasteiger charge is -2.16. The van der Waals surface area contributed by atoms with Gasteiger partial charge in [0.25, 0.3) is 0 Å². The van der Waals surface area contributed by atoms with E-state index in [-0.39, 0.29) is 24.2 Å². The summed E-state index contributed by atoms with van der Waals surface area (Å²) in [4.78, 5) is 17.6. The summed E-state index contributed by atoms with van der Waals surface area (Å²) in [6.45, 7) is 4.86. The van der Waals surface area contributed by atoms with Gasteiger partial charge in [0, 0.05) is 17.0 Å². The van der Waals surface area contributed by atoms with Gasteiger partial charge in [-0.25, -0.2) is 4.98 Å². The summed E-state index contributed by atoms with van der Waals surface area (Å²) in [5.41, 5.74) is 5.71. The first-order valence-corrected chi connectivity index (χ1v) is 7.40. The van der Waals surface area contributed by atoms with Crippen LogP contribution < -0.4 is 11.1 Å². The molecule has 2 rings (SSSR count). The van der Waals surface area contributed by atoms with Crippen LogP contribution in [0.1, 0.15) is 43.9 Å². The van der Waals surface area contributed by atoms with Crippen molar-refractivity contribution in [3.05, 3.63) is 11.1 Å². The molecule has 0 bridgehead atoms. The van der Waals surface area contributed by atoms with Crippen LogP contribution in [-0.2, 0) is 4.79 Å². The Morgan fingerprint density at radius 3 is 2.89 bits per heavy atom. The van der Waals surface area contributed by atoms with Crippen molar-refractivity contribution in [2.75, 3.05) is 11.9 Å². The third-order valence-electron chi connectivity index (χ3n) is 3.62. The number of rotatable bonds is 4. The number of amides is 1. The molecule has 0 spiro atoms. The molecule has 1 aromatic rings. The van der Waals surface area contributed by atoms with Crippen LogP contribution in [0.4, 0.5) is 5.13 Å². The van der Waals surface area contributed by atoms with Gasteiger partial charge in [-0.3, -0.25) is 4.79 Å². The van der Waals surface area contributed by atoms with Crippen molar-refractivity contribution in [3.8, 4) is 0 Å². The summed E-state index contributed by atoms with van der Waals surface area (Å²) in [5, 5.41) is 3.65. The molecule has 0 unspecified atom stereocenters. The first kappa shape index (κ1) is 16.4. The maximum atomic E-state index is 12.2. The number of carbonyl (C=O) groups is 1. The van der Waals surface area contributed by atoms with Gasteiger partial charge >= 0.3 is 0 Å². The van der Waals surface area contributed by atoms with Gasteiger partial charge in [-0.05, 0) is 31.2 Å². The standard InChI is InChI=1S/C13H21N3OS.ClH/c1-8(2)11-7-15-13(18-11)16-12(17)10-5-3-4-9(10)6-14;/h7-10H,3-6,14H2,1-2H3,(H,15,16,17);1H/t9-,10-;/m1./s1. The van der Waals surface area contributed by atoms with Crippen LogP contribution in [0.2, 0.25) is 0 Å². The van der Waals surface area contributed by atoms with E-state index in [1.54, 1.807) is 11.3 Å². The molecule has 1 amide bonds. The third-order valence-corrected chi connectivity index (χ3v) is 4.83. The van der Waals surface area contributed by atoms with Crippen LogP contribution in [0.5, 0.6) is 0 Å². The highest BCUT2D eigenvalue weighted by molar-refractivity contribution is 7.15. The molecular weight excluding hydrogens is 282 g/mol. The Morgan fingerprint density at radius 2 is 2.32 bits per heavy atom. The zero-order valence-corrected chi connectivity index (χ0v) is 13.0. The van der Waals surface area contributed by atoms with Crippen LogP contribution in [0.25, 0.3) is 0 Å². The number of halogens is 1. The molecule has 3 N–H and O–H groups in total. The molecule has 0 radical (unpaired) electrons. The topological polar surface area (TPSA) is 68.0 Å². The van der Waals surface area contributed by atoms with Gasteiger partial charge in [0.05, 0.1) is 0 Å². The lowest BCUT2D eigenvalue weighted by molar-refractivity contribution is -0.120. The van der Waals surface area contributed by atoms with E-state index < -0.39 is 0 Å². The van der Waals surface area contributed by atoms with E-state index in [1.165, 1.54) is 4.88 Å². The number of nitrogens with two attached hydrogens (primary N) is 1. The van der Waals surface area contributed by atoms with Gasteiger partial charge in [-0.1, -0.05) is 20.3 Å². The molecule has 1 aliphatic rings. The second-order valence-corrected chi connectivity index (χ2v) is 6.31. The SMILES string of the molecule is CC(C)c1cnc(NC(=O)[C@@H]2CCC[C@@H]2CN)s1.Cl. The Kier molecular flexibility index (Phi) is 6.23. The average molecular weight is 304 g/mol. The number of carbonyl (C=O) groups excluding carboxylic acids is 1. The van der Waals surface area contributed by atoms with Crippen molar-refractivity contribution in [2.24, 2.45) is 17.6 Å². The summed E-state index contributed by atoms with van der Waals surface area (Å²) >= 11 is 1.56. The maximum Gasteiger partial charge on any atom is 0.229 e. The van der Waals surface area contributed by atoms with Gasteiger partial charge in [0.15, 0.2) is 5.13 Å². The van der Waals surface area contributed by atoms with Crippen LogP contribution in [0, 0.1) is 11.8 Å². The highest BCUT2D eigenvalue weighted by Gasteiger charge is 2.32. The lowest BCUT2D eigenvalue weighted by Crippen LogP contribution is -2.29. The van der Waals surface area contributed by atoms with Gasteiger partial charge in [0.1, 0.15) is 0 Å². The number of hydrogen-bond acceptors (Lipinski definition) is 4. The van der Waals surface area contributed by atoms with E-state index in [4.69, 9.17) is 5.73 Å². The highest BCUT2D eigenvalue weighted by Crippen LogP contribution is 2.32. The zero-order valence-electron chi connectivity index (χ0n) is 11.4. The average Bonchev–Trinajstić information content (AvgIpc) is 2.96. The van der Waals surface area contributed by atoms with Gasteiger partial charge < -0.3 is 11.1 Å². The number of thiazole rings is 1. The molecule has 19 heavy (non-hydrogen) atoms. The van der Waals surface area contributed by atoms with E-state index in [0.717, 1.165) is 19.3 Å². The summed E-state index contributed by atoms with van der Waals surface area (Å²) in [7, 11) is 0. The smallest absolute Gasteiger partial charge is 0.229 e. The minimum Gasteiger partial charge on any atom is -0.330 e. The van der Waals surface area contributed by atoms with E-state index in [1.807, 2.05) is 6.20 Å².